The molecule has 106 valence electrons. The number of nitrogens with one attached hydrogen (secondary N) is 1. The number of methoxy groups -OCH3 is 1. The fourth-order valence-corrected chi connectivity index (χ4v) is 2.83. The Morgan fingerprint density at radius 1 is 1.53 bits per heavy atom. The molecule has 0 radical (unpaired) electrons. The van der Waals surface area contributed by atoms with Crippen molar-refractivity contribution < 1.29 is 23.9 Å². The third kappa shape index (κ3) is 3.95. The van der Waals surface area contributed by atoms with Gasteiger partial charge in [-0.15, -0.1) is 11.8 Å². The first kappa shape index (κ1) is 15.5. The lowest BCUT2D eigenvalue weighted by Gasteiger charge is -2.16. The quantitative estimate of drug-likeness (QED) is 0.704. The smallest absolute Gasteiger partial charge is 0.407 e. The maximum absolute atomic E-state index is 11.7. The van der Waals surface area contributed by atoms with E-state index in [4.69, 9.17) is 0 Å². The van der Waals surface area contributed by atoms with Crippen molar-refractivity contribution in [3.63, 3.8) is 0 Å². The van der Waals surface area contributed by atoms with E-state index in [1.54, 1.807) is 0 Å². The summed E-state index contributed by atoms with van der Waals surface area (Å²) >= 11 is 1.19. The Balaban J connectivity index is 2.53. The van der Waals surface area contributed by atoms with Crippen LogP contribution in [0.1, 0.15) is 13.3 Å². The molecule has 0 saturated carbocycles. The van der Waals surface area contributed by atoms with Gasteiger partial charge in [-0.3, -0.25) is 19.3 Å². The topological polar surface area (TPSA) is 92.8 Å². The van der Waals surface area contributed by atoms with Crippen LogP contribution in [0.25, 0.3) is 0 Å². The van der Waals surface area contributed by atoms with E-state index in [-0.39, 0.29) is 29.8 Å². The van der Waals surface area contributed by atoms with Crippen LogP contribution in [0.5, 0.6) is 0 Å². The summed E-state index contributed by atoms with van der Waals surface area (Å²) < 4.78 is 4.42. The molecule has 0 bridgehead atoms. The van der Waals surface area contributed by atoms with Crippen LogP contribution in [-0.2, 0) is 19.1 Å². The lowest BCUT2D eigenvalue weighted by Crippen LogP contribution is -2.42. The molecule has 2 atom stereocenters. The molecular weight excluding hydrogens is 272 g/mol. The summed E-state index contributed by atoms with van der Waals surface area (Å²) in [7, 11) is 2.63. The Hall–Kier alpha value is -1.57. The average Bonchev–Trinajstić information content (AvgIpc) is 2.61. The Kier molecular flexibility index (Phi) is 5.34. The van der Waals surface area contributed by atoms with E-state index < -0.39 is 17.4 Å². The molecule has 1 saturated heterocycles. The van der Waals surface area contributed by atoms with Crippen molar-refractivity contribution in [1.82, 2.24) is 10.2 Å². The minimum absolute atomic E-state index is 0.128. The molecule has 2 unspecified atom stereocenters. The molecule has 0 aromatic rings. The standard InChI is InChI=1S/C11H16N2O5S/c1-6(14)7(12-11(17)18-3)5-19-8-4-9(15)13(2)10(8)16/h7-8H,4-5H2,1-3H3,(H,12,17). The van der Waals surface area contributed by atoms with Gasteiger partial charge in [0.05, 0.1) is 18.4 Å². The highest BCUT2D eigenvalue weighted by molar-refractivity contribution is 8.00. The van der Waals surface area contributed by atoms with E-state index in [9.17, 15) is 19.2 Å². The first-order chi connectivity index (χ1) is 8.86. The minimum Gasteiger partial charge on any atom is -0.453 e. The third-order valence-electron chi connectivity index (χ3n) is 2.77. The molecule has 7 nitrogen and oxygen atoms in total. The van der Waals surface area contributed by atoms with E-state index >= 15 is 0 Å². The second-order valence-corrected chi connectivity index (χ2v) is 5.35. The fraction of sp³-hybridized carbons (Fsp3) is 0.636. The number of hydrogen-bond donors (Lipinski definition) is 1. The van der Waals surface area contributed by atoms with E-state index in [0.29, 0.717) is 0 Å². The molecule has 1 heterocycles. The van der Waals surface area contributed by atoms with Gasteiger partial charge in [0, 0.05) is 19.2 Å². The molecular formula is C11H16N2O5S. The maximum Gasteiger partial charge on any atom is 0.407 e. The van der Waals surface area contributed by atoms with Crippen LogP contribution < -0.4 is 5.32 Å². The number of ether oxygens (including phenoxy) is 1. The number of ketones is 1. The van der Waals surface area contributed by atoms with Gasteiger partial charge in [-0.25, -0.2) is 4.79 Å². The van der Waals surface area contributed by atoms with Crippen molar-refractivity contribution in [3.05, 3.63) is 0 Å². The lowest BCUT2D eigenvalue weighted by molar-refractivity contribution is -0.136. The molecule has 0 spiro atoms. The number of rotatable bonds is 5. The number of Topliss-reactive ketones (excluding diaryl/α,β-unsaturated/α-hetero) is 1. The normalized spacial score (nSPS) is 20.4. The van der Waals surface area contributed by atoms with E-state index in [0.717, 1.165) is 4.90 Å². The summed E-state index contributed by atoms with van der Waals surface area (Å²) in [6, 6.07) is -0.730. The zero-order chi connectivity index (χ0) is 14.6. The summed E-state index contributed by atoms with van der Waals surface area (Å²) in [6.07, 6.45) is -0.574. The molecule has 0 aliphatic carbocycles. The van der Waals surface area contributed by atoms with Gasteiger partial charge in [0.15, 0.2) is 5.78 Å². The molecule has 1 rings (SSSR count). The van der Waals surface area contributed by atoms with Gasteiger partial charge >= 0.3 is 6.09 Å². The van der Waals surface area contributed by atoms with Crippen molar-refractivity contribution in [3.8, 4) is 0 Å². The number of amides is 3. The number of carbonyl (C=O) groups is 4. The highest BCUT2D eigenvalue weighted by Crippen LogP contribution is 2.24. The second kappa shape index (κ2) is 6.55. The number of alkyl carbamates (subject to hydrolysis) is 1. The van der Waals surface area contributed by atoms with Crippen LogP contribution in [0.4, 0.5) is 4.79 Å². The van der Waals surface area contributed by atoms with E-state index in [1.165, 1.54) is 32.8 Å². The fourth-order valence-electron chi connectivity index (χ4n) is 1.53. The molecule has 1 aliphatic heterocycles. The molecule has 3 amide bonds. The third-order valence-corrected chi connectivity index (χ3v) is 4.07. The zero-order valence-electron chi connectivity index (χ0n) is 11.0. The highest BCUT2D eigenvalue weighted by atomic mass is 32.2. The first-order valence-corrected chi connectivity index (χ1v) is 6.68. The summed E-state index contributed by atoms with van der Waals surface area (Å²) in [4.78, 5) is 46.5. The lowest BCUT2D eigenvalue weighted by atomic mass is 10.2. The number of nitrogens with zero attached hydrogens (tertiary/aromatic N) is 1. The van der Waals surface area contributed by atoms with Crippen LogP contribution >= 0.6 is 11.8 Å². The second-order valence-electron chi connectivity index (χ2n) is 4.12. The van der Waals surface area contributed by atoms with Gasteiger partial charge in [-0.1, -0.05) is 0 Å². The van der Waals surface area contributed by atoms with Crippen LogP contribution in [0.15, 0.2) is 0 Å². The number of imide groups is 1. The Morgan fingerprint density at radius 3 is 2.58 bits per heavy atom. The van der Waals surface area contributed by atoms with E-state index in [1.807, 2.05) is 0 Å². The predicted octanol–water partition coefficient (Wildman–Crippen LogP) is -0.210. The summed E-state index contributed by atoms with van der Waals surface area (Å²) in [5.74, 6) is -0.511. The molecule has 8 heteroatoms. The zero-order valence-corrected chi connectivity index (χ0v) is 11.8. The number of carbonyl (C=O) groups excluding carboxylic acids is 4. The van der Waals surface area contributed by atoms with Crippen molar-refractivity contribution in [1.29, 1.82) is 0 Å². The molecule has 1 N–H and O–H groups in total. The van der Waals surface area contributed by atoms with Crippen LogP contribution in [-0.4, -0.2) is 59.8 Å². The predicted molar refractivity (Wildman–Crippen MR) is 68.6 cm³/mol. The molecule has 0 aromatic carbocycles. The van der Waals surface area contributed by atoms with Crippen molar-refractivity contribution >= 4 is 35.5 Å². The Labute approximate surface area is 115 Å². The number of hydrogen-bond acceptors (Lipinski definition) is 6. The van der Waals surface area contributed by atoms with Gasteiger partial charge in [-0.2, -0.15) is 0 Å². The summed E-state index contributed by atoms with van der Waals surface area (Å²) in [5.41, 5.74) is 0. The Morgan fingerprint density at radius 2 is 2.16 bits per heavy atom. The molecule has 1 aliphatic rings. The molecule has 0 aromatic heterocycles. The SMILES string of the molecule is COC(=O)NC(CSC1CC(=O)N(C)C1=O)C(C)=O. The van der Waals surface area contributed by atoms with Crippen molar-refractivity contribution in [2.45, 2.75) is 24.6 Å². The summed E-state index contributed by atoms with van der Waals surface area (Å²) in [6.45, 7) is 1.34. The average molecular weight is 288 g/mol. The number of likely N-dealkylation sites (tertiary alicyclic amines) is 1. The highest BCUT2D eigenvalue weighted by Gasteiger charge is 2.37. The number of thioether (sulfide) groups is 1. The molecule has 19 heavy (non-hydrogen) atoms. The maximum atomic E-state index is 11.7. The van der Waals surface area contributed by atoms with Crippen molar-refractivity contribution in [2.24, 2.45) is 0 Å². The van der Waals surface area contributed by atoms with Gasteiger partial charge in [0.1, 0.15) is 0 Å². The Bertz CT molecular complexity index is 412. The van der Waals surface area contributed by atoms with Crippen LogP contribution in [0.2, 0.25) is 0 Å². The van der Waals surface area contributed by atoms with Gasteiger partial charge in [-0.05, 0) is 6.92 Å². The molecule has 1 fully saturated rings. The van der Waals surface area contributed by atoms with Gasteiger partial charge in [0.25, 0.3) is 0 Å². The minimum atomic E-state index is -0.730. The van der Waals surface area contributed by atoms with E-state index in [2.05, 4.69) is 10.1 Å². The van der Waals surface area contributed by atoms with Gasteiger partial charge in [0.2, 0.25) is 11.8 Å². The summed E-state index contributed by atoms with van der Waals surface area (Å²) in [5, 5.41) is 1.90. The van der Waals surface area contributed by atoms with Crippen molar-refractivity contribution in [2.75, 3.05) is 19.9 Å². The first-order valence-electron chi connectivity index (χ1n) is 5.63. The van der Waals surface area contributed by atoms with Gasteiger partial charge < -0.3 is 10.1 Å². The largest absolute Gasteiger partial charge is 0.453 e. The van der Waals surface area contributed by atoms with Crippen LogP contribution in [0, 0.1) is 0 Å². The van der Waals surface area contributed by atoms with Crippen LogP contribution in [0.3, 0.4) is 0 Å². The monoisotopic (exact) mass is 288 g/mol.